The third-order valence-electron chi connectivity index (χ3n) is 3.40. The first-order valence-corrected chi connectivity index (χ1v) is 8.98. The minimum atomic E-state index is -3.74. The van der Waals surface area contributed by atoms with Crippen LogP contribution >= 0.6 is 11.6 Å². The predicted octanol–water partition coefficient (Wildman–Crippen LogP) is 3.91. The SMILES string of the molecule is Cc1nc(NS(=O)(=O)c2cccc(Cl)c2)ccc1-c1cccnc1. The number of aromatic nitrogens is 2. The van der Waals surface area contributed by atoms with E-state index >= 15 is 0 Å². The Bertz CT molecular complexity index is 976. The zero-order valence-electron chi connectivity index (χ0n) is 12.8. The Hall–Kier alpha value is -2.44. The van der Waals surface area contributed by atoms with Gasteiger partial charge in [0, 0.05) is 34.2 Å². The van der Waals surface area contributed by atoms with E-state index in [0.29, 0.717) is 10.7 Å². The van der Waals surface area contributed by atoms with Gasteiger partial charge in [-0.2, -0.15) is 0 Å². The molecule has 24 heavy (non-hydrogen) atoms. The van der Waals surface area contributed by atoms with Gasteiger partial charge in [-0.3, -0.25) is 9.71 Å². The standard InChI is InChI=1S/C17H14ClN3O2S/c1-12-16(13-4-3-9-19-11-13)7-8-17(20-12)21-24(22,23)15-6-2-5-14(18)10-15/h2-11H,1H3,(H,20,21). The van der Waals surface area contributed by atoms with Crippen LogP contribution in [0.2, 0.25) is 5.02 Å². The van der Waals surface area contributed by atoms with Crippen molar-refractivity contribution in [1.82, 2.24) is 9.97 Å². The summed E-state index contributed by atoms with van der Waals surface area (Å²) in [6.45, 7) is 1.82. The Kier molecular flexibility index (Phi) is 4.51. The summed E-state index contributed by atoms with van der Waals surface area (Å²) in [5.74, 6) is 0.250. The van der Waals surface area contributed by atoms with Crippen molar-refractivity contribution in [2.24, 2.45) is 0 Å². The van der Waals surface area contributed by atoms with E-state index in [-0.39, 0.29) is 10.7 Å². The lowest BCUT2D eigenvalue weighted by atomic mass is 10.1. The molecule has 2 aromatic heterocycles. The summed E-state index contributed by atoms with van der Waals surface area (Å²) < 4.78 is 27.3. The first-order valence-electron chi connectivity index (χ1n) is 7.12. The van der Waals surface area contributed by atoms with Crippen molar-refractivity contribution < 1.29 is 8.42 Å². The van der Waals surface area contributed by atoms with E-state index in [1.54, 1.807) is 30.6 Å². The van der Waals surface area contributed by atoms with Gasteiger partial charge in [0.2, 0.25) is 0 Å². The second-order valence-electron chi connectivity index (χ2n) is 5.13. The van der Waals surface area contributed by atoms with E-state index in [4.69, 9.17) is 11.6 Å². The van der Waals surface area contributed by atoms with Crippen LogP contribution in [0.4, 0.5) is 5.82 Å². The normalized spacial score (nSPS) is 11.2. The first kappa shape index (κ1) is 16.4. The fourth-order valence-electron chi connectivity index (χ4n) is 2.28. The van der Waals surface area contributed by atoms with Gasteiger partial charge in [0.25, 0.3) is 10.0 Å². The number of pyridine rings is 2. The molecule has 0 unspecified atom stereocenters. The molecular weight excluding hydrogens is 346 g/mol. The predicted molar refractivity (Wildman–Crippen MR) is 94.5 cm³/mol. The van der Waals surface area contributed by atoms with Crippen LogP contribution in [-0.4, -0.2) is 18.4 Å². The maximum absolute atomic E-state index is 12.4. The first-order chi connectivity index (χ1) is 11.5. The van der Waals surface area contributed by atoms with E-state index in [1.807, 2.05) is 25.1 Å². The molecule has 122 valence electrons. The number of nitrogens with zero attached hydrogens (tertiary/aromatic N) is 2. The number of anilines is 1. The van der Waals surface area contributed by atoms with Crippen LogP contribution in [-0.2, 0) is 10.0 Å². The number of aryl methyl sites for hydroxylation is 1. The van der Waals surface area contributed by atoms with Crippen LogP contribution in [0.3, 0.4) is 0 Å². The molecule has 0 aliphatic rings. The fraction of sp³-hybridized carbons (Fsp3) is 0.0588. The number of hydrogen-bond acceptors (Lipinski definition) is 4. The molecule has 0 atom stereocenters. The molecule has 0 spiro atoms. The highest BCUT2D eigenvalue weighted by Gasteiger charge is 2.16. The summed E-state index contributed by atoms with van der Waals surface area (Å²) in [7, 11) is -3.74. The van der Waals surface area contributed by atoms with Crippen LogP contribution in [0, 0.1) is 6.92 Å². The second kappa shape index (κ2) is 6.59. The molecule has 1 N–H and O–H groups in total. The summed E-state index contributed by atoms with van der Waals surface area (Å²) in [4.78, 5) is 8.50. The molecular formula is C17H14ClN3O2S. The quantitative estimate of drug-likeness (QED) is 0.766. The van der Waals surface area contributed by atoms with Crippen molar-refractivity contribution in [1.29, 1.82) is 0 Å². The van der Waals surface area contributed by atoms with E-state index in [2.05, 4.69) is 14.7 Å². The number of rotatable bonds is 4. The fourth-order valence-corrected chi connectivity index (χ4v) is 3.58. The Morgan fingerprint density at radius 3 is 2.58 bits per heavy atom. The Balaban J connectivity index is 1.90. The molecule has 7 heteroatoms. The van der Waals surface area contributed by atoms with Crippen molar-refractivity contribution >= 4 is 27.4 Å². The van der Waals surface area contributed by atoms with Crippen molar-refractivity contribution in [2.75, 3.05) is 4.72 Å². The van der Waals surface area contributed by atoms with Crippen LogP contribution < -0.4 is 4.72 Å². The van der Waals surface area contributed by atoms with Gasteiger partial charge in [0.05, 0.1) is 4.90 Å². The molecule has 0 aliphatic heterocycles. The van der Waals surface area contributed by atoms with E-state index in [0.717, 1.165) is 11.1 Å². The smallest absolute Gasteiger partial charge is 0.263 e. The lowest BCUT2D eigenvalue weighted by Crippen LogP contribution is -2.14. The Labute approximate surface area is 145 Å². The highest BCUT2D eigenvalue weighted by Crippen LogP contribution is 2.24. The highest BCUT2D eigenvalue weighted by atomic mass is 35.5. The number of nitrogens with one attached hydrogen (secondary N) is 1. The lowest BCUT2D eigenvalue weighted by molar-refractivity contribution is 0.601. The van der Waals surface area contributed by atoms with Gasteiger partial charge < -0.3 is 0 Å². The third-order valence-corrected chi connectivity index (χ3v) is 4.99. The average Bonchev–Trinajstić information content (AvgIpc) is 2.55. The molecule has 0 aliphatic carbocycles. The van der Waals surface area contributed by atoms with Crippen LogP contribution in [0.5, 0.6) is 0 Å². The number of halogens is 1. The summed E-state index contributed by atoms with van der Waals surface area (Å²) >= 11 is 5.85. The Morgan fingerprint density at radius 2 is 1.92 bits per heavy atom. The molecule has 0 saturated carbocycles. The molecule has 0 amide bonds. The highest BCUT2D eigenvalue weighted by molar-refractivity contribution is 7.92. The summed E-state index contributed by atoms with van der Waals surface area (Å²) in [5, 5.41) is 0.356. The molecule has 3 rings (SSSR count). The van der Waals surface area contributed by atoms with Crippen LogP contribution in [0.1, 0.15) is 5.69 Å². The topological polar surface area (TPSA) is 72.0 Å². The van der Waals surface area contributed by atoms with Gasteiger partial charge in [-0.1, -0.05) is 23.7 Å². The van der Waals surface area contributed by atoms with Crippen LogP contribution in [0.25, 0.3) is 11.1 Å². The Morgan fingerprint density at radius 1 is 1.08 bits per heavy atom. The lowest BCUT2D eigenvalue weighted by Gasteiger charge is -2.10. The third kappa shape index (κ3) is 3.55. The largest absolute Gasteiger partial charge is 0.264 e. The van der Waals surface area contributed by atoms with Gasteiger partial charge in [-0.15, -0.1) is 0 Å². The molecule has 0 bridgehead atoms. The zero-order valence-corrected chi connectivity index (χ0v) is 14.3. The molecule has 2 heterocycles. The second-order valence-corrected chi connectivity index (χ2v) is 7.25. The number of sulfonamides is 1. The minimum Gasteiger partial charge on any atom is -0.264 e. The maximum Gasteiger partial charge on any atom is 0.263 e. The van der Waals surface area contributed by atoms with Crippen molar-refractivity contribution in [3.63, 3.8) is 0 Å². The molecule has 0 saturated heterocycles. The van der Waals surface area contributed by atoms with Crippen molar-refractivity contribution in [3.05, 3.63) is 71.6 Å². The van der Waals surface area contributed by atoms with E-state index in [1.165, 1.54) is 12.1 Å². The summed E-state index contributed by atoms with van der Waals surface area (Å²) in [5.41, 5.74) is 2.52. The van der Waals surface area contributed by atoms with Gasteiger partial charge >= 0.3 is 0 Å². The van der Waals surface area contributed by atoms with Gasteiger partial charge in [0.1, 0.15) is 5.82 Å². The van der Waals surface area contributed by atoms with Gasteiger partial charge in [-0.05, 0) is 43.3 Å². The molecule has 0 radical (unpaired) electrons. The van der Waals surface area contributed by atoms with Gasteiger partial charge in [-0.25, -0.2) is 13.4 Å². The summed E-state index contributed by atoms with van der Waals surface area (Å²) in [6.07, 6.45) is 3.43. The summed E-state index contributed by atoms with van der Waals surface area (Å²) in [6, 6.07) is 13.3. The zero-order chi connectivity index (χ0) is 17.2. The molecule has 0 fully saturated rings. The monoisotopic (exact) mass is 359 g/mol. The average molecular weight is 360 g/mol. The van der Waals surface area contributed by atoms with Crippen molar-refractivity contribution in [3.8, 4) is 11.1 Å². The molecule has 3 aromatic rings. The van der Waals surface area contributed by atoms with Crippen molar-refractivity contribution in [2.45, 2.75) is 11.8 Å². The number of hydrogen-bond donors (Lipinski definition) is 1. The molecule has 1 aromatic carbocycles. The van der Waals surface area contributed by atoms with Gasteiger partial charge in [0.15, 0.2) is 0 Å². The minimum absolute atomic E-state index is 0.0887. The number of benzene rings is 1. The van der Waals surface area contributed by atoms with Crippen LogP contribution in [0.15, 0.2) is 65.8 Å². The van der Waals surface area contributed by atoms with E-state index < -0.39 is 10.0 Å². The maximum atomic E-state index is 12.4. The molecule has 5 nitrogen and oxygen atoms in total. The van der Waals surface area contributed by atoms with E-state index in [9.17, 15) is 8.42 Å².